The second kappa shape index (κ2) is 5.48. The minimum atomic E-state index is -1.03. The van der Waals surface area contributed by atoms with Crippen molar-refractivity contribution in [3.63, 3.8) is 0 Å². The Balaban J connectivity index is 2.32. The lowest BCUT2D eigenvalue weighted by Crippen LogP contribution is -2.52. The van der Waals surface area contributed by atoms with Gasteiger partial charge in [-0.2, -0.15) is 0 Å². The van der Waals surface area contributed by atoms with Crippen molar-refractivity contribution in [2.24, 2.45) is 0 Å². The largest absolute Gasteiger partial charge is 0.479 e. The quantitative estimate of drug-likeness (QED) is 0.830. The van der Waals surface area contributed by atoms with E-state index in [1.54, 1.807) is 12.1 Å². The van der Waals surface area contributed by atoms with E-state index in [1.807, 2.05) is 19.1 Å². The van der Waals surface area contributed by atoms with Crippen molar-refractivity contribution >= 4 is 34.5 Å². The number of halogens is 1. The summed E-state index contributed by atoms with van der Waals surface area (Å²) < 4.78 is 1.05. The van der Waals surface area contributed by atoms with E-state index in [-0.39, 0.29) is 5.91 Å². The topological polar surface area (TPSA) is 57.6 Å². The van der Waals surface area contributed by atoms with Crippen molar-refractivity contribution in [3.8, 4) is 0 Å². The van der Waals surface area contributed by atoms with Crippen molar-refractivity contribution in [1.82, 2.24) is 4.90 Å². The zero-order chi connectivity index (χ0) is 14.0. The Bertz CT molecular complexity index is 500. The van der Waals surface area contributed by atoms with Crippen LogP contribution in [0.2, 0.25) is 0 Å². The summed E-state index contributed by atoms with van der Waals surface area (Å²) in [6, 6.07) is 7.23. The van der Waals surface area contributed by atoms with E-state index >= 15 is 0 Å². The molecule has 1 aromatic carbocycles. The first-order valence-corrected chi connectivity index (χ1v) is 7.40. The molecule has 0 bridgehead atoms. The van der Waals surface area contributed by atoms with Crippen LogP contribution >= 0.6 is 22.6 Å². The molecule has 1 unspecified atom stereocenters. The van der Waals surface area contributed by atoms with Crippen LogP contribution in [-0.2, 0) is 4.79 Å². The van der Waals surface area contributed by atoms with Crippen LogP contribution in [0, 0.1) is 3.57 Å². The standard InChI is InChI=1S/C14H16INO3/c1-2-14(13(18)19)8-3-9-16(14)12(17)10-4-6-11(15)7-5-10/h4-7H,2-3,8-9H2,1H3,(H,18,19). The smallest absolute Gasteiger partial charge is 0.329 e. The molecular weight excluding hydrogens is 357 g/mol. The van der Waals surface area contributed by atoms with E-state index in [0.717, 1.165) is 9.99 Å². The fourth-order valence-corrected chi connectivity index (χ4v) is 3.02. The minimum absolute atomic E-state index is 0.182. The zero-order valence-electron chi connectivity index (χ0n) is 10.7. The number of carboxylic acids is 1. The highest BCUT2D eigenvalue weighted by Gasteiger charge is 2.48. The number of aliphatic carboxylic acids is 1. The van der Waals surface area contributed by atoms with Gasteiger partial charge in [0.15, 0.2) is 0 Å². The van der Waals surface area contributed by atoms with Crippen molar-refractivity contribution < 1.29 is 14.7 Å². The van der Waals surface area contributed by atoms with Gasteiger partial charge < -0.3 is 10.0 Å². The van der Waals surface area contributed by atoms with Crippen LogP contribution in [0.3, 0.4) is 0 Å². The van der Waals surface area contributed by atoms with E-state index < -0.39 is 11.5 Å². The Morgan fingerprint density at radius 3 is 2.53 bits per heavy atom. The molecule has 5 heteroatoms. The summed E-state index contributed by atoms with van der Waals surface area (Å²) in [4.78, 5) is 25.6. The number of benzene rings is 1. The summed E-state index contributed by atoms with van der Waals surface area (Å²) in [5.74, 6) is -1.08. The lowest BCUT2D eigenvalue weighted by Gasteiger charge is -2.34. The number of carbonyl (C=O) groups is 2. The summed E-state index contributed by atoms with van der Waals surface area (Å²) in [6.07, 6.45) is 1.73. The Hall–Kier alpha value is -1.11. The predicted molar refractivity (Wildman–Crippen MR) is 80.1 cm³/mol. The molecule has 102 valence electrons. The maximum atomic E-state index is 12.5. The van der Waals surface area contributed by atoms with Gasteiger partial charge in [0.25, 0.3) is 5.91 Å². The molecule has 0 aromatic heterocycles. The van der Waals surface area contributed by atoms with Crippen LogP contribution in [0.5, 0.6) is 0 Å². The number of carboxylic acid groups (broad SMARTS) is 1. The van der Waals surface area contributed by atoms with E-state index in [0.29, 0.717) is 24.9 Å². The summed E-state index contributed by atoms with van der Waals surface area (Å²) in [5, 5.41) is 9.48. The van der Waals surface area contributed by atoms with Gasteiger partial charge in [0.2, 0.25) is 0 Å². The van der Waals surface area contributed by atoms with Gasteiger partial charge in [-0.1, -0.05) is 6.92 Å². The third-order valence-corrected chi connectivity index (χ3v) is 4.53. The van der Waals surface area contributed by atoms with Crippen LogP contribution in [-0.4, -0.2) is 34.0 Å². The normalized spacial score (nSPS) is 22.5. The molecular formula is C14H16INO3. The molecule has 0 spiro atoms. The molecule has 2 rings (SSSR count). The van der Waals surface area contributed by atoms with Crippen LogP contribution in [0.15, 0.2) is 24.3 Å². The number of nitrogens with zero attached hydrogens (tertiary/aromatic N) is 1. The van der Waals surface area contributed by atoms with Gasteiger partial charge >= 0.3 is 5.97 Å². The van der Waals surface area contributed by atoms with Crippen molar-refractivity contribution in [3.05, 3.63) is 33.4 Å². The molecule has 0 radical (unpaired) electrons. The highest BCUT2D eigenvalue weighted by Crippen LogP contribution is 2.34. The second-order valence-electron chi connectivity index (χ2n) is 4.76. The van der Waals surface area contributed by atoms with Gasteiger partial charge in [0.05, 0.1) is 0 Å². The number of amides is 1. The first-order valence-electron chi connectivity index (χ1n) is 6.32. The fraction of sp³-hybridized carbons (Fsp3) is 0.429. The summed E-state index contributed by atoms with van der Waals surface area (Å²) >= 11 is 2.17. The molecule has 19 heavy (non-hydrogen) atoms. The van der Waals surface area contributed by atoms with E-state index in [4.69, 9.17) is 0 Å². The van der Waals surface area contributed by atoms with Crippen molar-refractivity contribution in [2.45, 2.75) is 31.7 Å². The van der Waals surface area contributed by atoms with Crippen LogP contribution in [0.4, 0.5) is 0 Å². The third kappa shape index (κ3) is 2.48. The first-order chi connectivity index (χ1) is 9.01. The lowest BCUT2D eigenvalue weighted by molar-refractivity contribution is -0.148. The molecule has 1 fully saturated rings. The number of carbonyl (C=O) groups excluding carboxylic acids is 1. The van der Waals surface area contributed by atoms with Gasteiger partial charge in [-0.25, -0.2) is 4.79 Å². The SMILES string of the molecule is CCC1(C(=O)O)CCCN1C(=O)c1ccc(I)cc1. The minimum Gasteiger partial charge on any atom is -0.479 e. The van der Waals surface area contributed by atoms with Gasteiger partial charge in [-0.15, -0.1) is 0 Å². The van der Waals surface area contributed by atoms with Gasteiger partial charge in [-0.05, 0) is 66.1 Å². The number of rotatable bonds is 3. The molecule has 1 atom stereocenters. The molecule has 1 heterocycles. The molecule has 1 saturated heterocycles. The molecule has 1 aromatic rings. The third-order valence-electron chi connectivity index (χ3n) is 3.81. The maximum Gasteiger partial charge on any atom is 0.329 e. The summed E-state index contributed by atoms with van der Waals surface area (Å²) in [7, 11) is 0. The number of hydrogen-bond donors (Lipinski definition) is 1. The molecule has 1 aliphatic rings. The van der Waals surface area contributed by atoms with Crippen LogP contribution in [0.25, 0.3) is 0 Å². The monoisotopic (exact) mass is 373 g/mol. The Labute approximate surface area is 125 Å². The molecule has 1 aliphatic heterocycles. The Kier molecular flexibility index (Phi) is 4.13. The summed E-state index contributed by atoms with van der Waals surface area (Å²) in [6.45, 7) is 2.35. The average Bonchev–Trinajstić information content (AvgIpc) is 2.83. The predicted octanol–water partition coefficient (Wildman–Crippen LogP) is 2.76. The number of likely N-dealkylation sites (tertiary alicyclic amines) is 1. The van der Waals surface area contributed by atoms with Crippen LogP contribution < -0.4 is 0 Å². The van der Waals surface area contributed by atoms with Gasteiger partial charge in [0.1, 0.15) is 5.54 Å². The molecule has 1 amide bonds. The molecule has 1 N–H and O–H groups in total. The van der Waals surface area contributed by atoms with E-state index in [9.17, 15) is 14.7 Å². The fourth-order valence-electron chi connectivity index (χ4n) is 2.66. The van der Waals surface area contributed by atoms with E-state index in [1.165, 1.54) is 4.90 Å². The summed E-state index contributed by atoms with van der Waals surface area (Å²) in [5.41, 5.74) is -0.471. The maximum absolute atomic E-state index is 12.5. The van der Waals surface area contributed by atoms with Gasteiger partial charge in [0, 0.05) is 15.7 Å². The second-order valence-corrected chi connectivity index (χ2v) is 6.00. The Morgan fingerprint density at radius 1 is 1.37 bits per heavy atom. The van der Waals surface area contributed by atoms with Crippen LogP contribution in [0.1, 0.15) is 36.5 Å². The number of hydrogen-bond acceptors (Lipinski definition) is 2. The first kappa shape index (κ1) is 14.3. The zero-order valence-corrected chi connectivity index (χ0v) is 12.9. The highest BCUT2D eigenvalue weighted by molar-refractivity contribution is 14.1. The average molecular weight is 373 g/mol. The van der Waals surface area contributed by atoms with Crippen molar-refractivity contribution in [2.75, 3.05) is 6.54 Å². The lowest BCUT2D eigenvalue weighted by atomic mass is 9.92. The van der Waals surface area contributed by atoms with Crippen molar-refractivity contribution in [1.29, 1.82) is 0 Å². The van der Waals surface area contributed by atoms with E-state index in [2.05, 4.69) is 22.6 Å². The van der Waals surface area contributed by atoms with Gasteiger partial charge in [-0.3, -0.25) is 4.79 Å². The molecule has 4 nitrogen and oxygen atoms in total. The molecule has 0 aliphatic carbocycles. The highest BCUT2D eigenvalue weighted by atomic mass is 127. The molecule has 0 saturated carbocycles. The Morgan fingerprint density at radius 2 is 2.00 bits per heavy atom.